The highest BCUT2D eigenvalue weighted by Crippen LogP contribution is 2.29. The molecule has 0 saturated carbocycles. The van der Waals surface area contributed by atoms with Gasteiger partial charge in [0.15, 0.2) is 0 Å². The van der Waals surface area contributed by atoms with E-state index >= 15 is 0 Å². The number of benzene rings is 2. The molecule has 1 aliphatic carbocycles. The van der Waals surface area contributed by atoms with E-state index in [-0.39, 0.29) is 0 Å². The van der Waals surface area contributed by atoms with Gasteiger partial charge in [0.05, 0.1) is 10.6 Å². The summed E-state index contributed by atoms with van der Waals surface area (Å²) in [6.07, 6.45) is 3.13. The van der Waals surface area contributed by atoms with Gasteiger partial charge in [0.1, 0.15) is 0 Å². The van der Waals surface area contributed by atoms with Crippen LogP contribution in [-0.4, -0.2) is 59.1 Å². The number of sulfonamides is 1. The van der Waals surface area contributed by atoms with E-state index in [2.05, 4.69) is 21.6 Å². The van der Waals surface area contributed by atoms with E-state index in [0.717, 1.165) is 17.7 Å². The number of aromatic nitrogens is 4. The number of fused-ring (bicyclic) bond motifs is 1. The summed E-state index contributed by atoms with van der Waals surface area (Å²) in [6, 6.07) is 17.7. The molecule has 0 bridgehead atoms. The van der Waals surface area contributed by atoms with E-state index in [1.165, 1.54) is 5.56 Å². The van der Waals surface area contributed by atoms with E-state index in [9.17, 15) is 8.42 Å². The Kier molecular flexibility index (Phi) is 4.84. The van der Waals surface area contributed by atoms with Gasteiger partial charge in [-0.3, -0.25) is 0 Å². The Morgan fingerprint density at radius 1 is 0.833 bits per heavy atom. The standard InChI is InChI=1S/C21H22N6O2S/c28-30(29,20-11-10-17-6-4-5-7-18(17)16-20)26-14-12-25(13-15-26)21-22-23-24-27(21)19-8-2-1-3-9-19/h1-9,16H,10-15H2. The van der Waals surface area contributed by atoms with Crippen molar-refractivity contribution in [1.82, 2.24) is 24.5 Å². The monoisotopic (exact) mass is 422 g/mol. The predicted octanol–water partition coefficient (Wildman–Crippen LogP) is 2.10. The highest BCUT2D eigenvalue weighted by atomic mass is 32.2. The fraction of sp³-hybridized carbons (Fsp3) is 0.286. The second-order valence-electron chi connectivity index (χ2n) is 7.43. The second kappa shape index (κ2) is 7.66. The Labute approximate surface area is 175 Å². The summed E-state index contributed by atoms with van der Waals surface area (Å²) in [5, 5.41) is 12.1. The van der Waals surface area contributed by atoms with E-state index in [4.69, 9.17) is 0 Å². The second-order valence-corrected chi connectivity index (χ2v) is 9.42. The van der Waals surface area contributed by atoms with Gasteiger partial charge in [0.25, 0.3) is 0 Å². The minimum Gasteiger partial charge on any atom is -0.337 e. The lowest BCUT2D eigenvalue weighted by molar-refractivity contribution is 0.384. The van der Waals surface area contributed by atoms with Crippen molar-refractivity contribution in [2.45, 2.75) is 12.8 Å². The van der Waals surface area contributed by atoms with E-state index in [1.807, 2.05) is 59.5 Å². The number of tetrazole rings is 1. The highest BCUT2D eigenvalue weighted by Gasteiger charge is 2.32. The van der Waals surface area contributed by atoms with Crippen LogP contribution < -0.4 is 4.90 Å². The number of allylic oxidation sites excluding steroid dienone is 1. The van der Waals surface area contributed by atoms with Gasteiger partial charge in [0.2, 0.25) is 16.0 Å². The van der Waals surface area contributed by atoms with E-state index in [1.54, 1.807) is 8.99 Å². The van der Waals surface area contributed by atoms with Gasteiger partial charge in [-0.15, -0.1) is 0 Å². The van der Waals surface area contributed by atoms with Crippen LogP contribution >= 0.6 is 0 Å². The van der Waals surface area contributed by atoms with Crippen LogP contribution in [0.25, 0.3) is 11.8 Å². The van der Waals surface area contributed by atoms with Gasteiger partial charge in [-0.05, 0) is 52.6 Å². The van der Waals surface area contributed by atoms with Crippen molar-refractivity contribution in [3.63, 3.8) is 0 Å². The molecule has 30 heavy (non-hydrogen) atoms. The van der Waals surface area contributed by atoms with Crippen LogP contribution in [0.2, 0.25) is 0 Å². The maximum Gasteiger partial charge on any atom is 0.250 e. The molecule has 2 aromatic carbocycles. The fourth-order valence-electron chi connectivity index (χ4n) is 4.02. The third-order valence-electron chi connectivity index (χ3n) is 5.66. The number of piperazine rings is 1. The quantitative estimate of drug-likeness (QED) is 0.640. The Morgan fingerprint density at radius 3 is 2.37 bits per heavy atom. The summed E-state index contributed by atoms with van der Waals surface area (Å²) in [7, 11) is -3.47. The summed E-state index contributed by atoms with van der Waals surface area (Å²) < 4.78 is 29.7. The molecular formula is C21H22N6O2S. The van der Waals surface area contributed by atoms with Crippen molar-refractivity contribution in [2.75, 3.05) is 31.1 Å². The zero-order valence-corrected chi connectivity index (χ0v) is 17.2. The zero-order valence-electron chi connectivity index (χ0n) is 16.4. The first kappa shape index (κ1) is 19.0. The Hall–Kier alpha value is -3.04. The summed E-state index contributed by atoms with van der Waals surface area (Å²) in [6.45, 7) is 1.89. The summed E-state index contributed by atoms with van der Waals surface area (Å²) >= 11 is 0. The molecule has 1 fully saturated rings. The highest BCUT2D eigenvalue weighted by molar-refractivity contribution is 7.93. The third-order valence-corrected chi connectivity index (χ3v) is 7.69. The van der Waals surface area contributed by atoms with Gasteiger partial charge in [-0.2, -0.15) is 8.99 Å². The fourth-order valence-corrected chi connectivity index (χ4v) is 5.63. The lowest BCUT2D eigenvalue weighted by Gasteiger charge is -2.35. The summed E-state index contributed by atoms with van der Waals surface area (Å²) in [4.78, 5) is 2.53. The van der Waals surface area contributed by atoms with Crippen LogP contribution in [0.15, 0.2) is 59.5 Å². The van der Waals surface area contributed by atoms with Crippen LogP contribution in [0.5, 0.6) is 0 Å². The lowest BCUT2D eigenvalue weighted by atomic mass is 9.98. The first-order chi connectivity index (χ1) is 14.6. The molecule has 5 rings (SSSR count). The van der Waals surface area contributed by atoms with Gasteiger partial charge in [-0.1, -0.05) is 47.6 Å². The van der Waals surface area contributed by atoms with E-state index in [0.29, 0.717) is 43.5 Å². The zero-order chi connectivity index (χ0) is 20.6. The SMILES string of the molecule is O=S(=O)(C1=Cc2ccccc2CC1)N1CCN(c2nnnn2-c2ccccc2)CC1. The lowest BCUT2D eigenvalue weighted by Crippen LogP contribution is -2.49. The van der Waals surface area contributed by atoms with Crippen LogP contribution in [-0.2, 0) is 16.4 Å². The van der Waals surface area contributed by atoms with Crippen molar-refractivity contribution in [3.8, 4) is 5.69 Å². The average molecular weight is 423 g/mol. The molecule has 1 aliphatic heterocycles. The van der Waals surface area contributed by atoms with Crippen molar-refractivity contribution < 1.29 is 8.42 Å². The number of aryl methyl sites for hydroxylation is 1. The topological polar surface area (TPSA) is 84.2 Å². The molecule has 0 radical (unpaired) electrons. The predicted molar refractivity (Wildman–Crippen MR) is 115 cm³/mol. The Morgan fingerprint density at radius 2 is 1.57 bits per heavy atom. The largest absolute Gasteiger partial charge is 0.337 e. The normalized spacial score (nSPS) is 17.5. The number of para-hydroxylation sites is 1. The molecule has 0 N–H and O–H groups in total. The Balaban J connectivity index is 1.32. The number of hydrogen-bond acceptors (Lipinski definition) is 6. The maximum absolute atomic E-state index is 13.2. The first-order valence-corrected chi connectivity index (χ1v) is 11.4. The van der Waals surface area contributed by atoms with Crippen molar-refractivity contribution in [3.05, 3.63) is 70.6 Å². The molecular weight excluding hydrogens is 400 g/mol. The molecule has 1 saturated heterocycles. The minimum absolute atomic E-state index is 0.406. The Bertz CT molecular complexity index is 1180. The van der Waals surface area contributed by atoms with Crippen LogP contribution in [0.1, 0.15) is 17.5 Å². The molecule has 2 aliphatic rings. The molecule has 0 unspecified atom stereocenters. The van der Waals surface area contributed by atoms with E-state index < -0.39 is 10.0 Å². The van der Waals surface area contributed by atoms with Crippen LogP contribution in [0, 0.1) is 0 Å². The smallest absolute Gasteiger partial charge is 0.250 e. The minimum atomic E-state index is -3.47. The number of anilines is 1. The molecule has 154 valence electrons. The average Bonchev–Trinajstić information content (AvgIpc) is 3.29. The summed E-state index contributed by atoms with van der Waals surface area (Å²) in [5.41, 5.74) is 3.08. The number of nitrogens with zero attached hydrogens (tertiary/aromatic N) is 6. The van der Waals surface area contributed by atoms with Crippen LogP contribution in [0.4, 0.5) is 5.95 Å². The van der Waals surface area contributed by atoms with Crippen molar-refractivity contribution >= 4 is 22.0 Å². The number of rotatable bonds is 4. The molecule has 3 aromatic rings. The van der Waals surface area contributed by atoms with Gasteiger partial charge in [-0.25, -0.2) is 8.42 Å². The molecule has 0 spiro atoms. The number of hydrogen-bond donors (Lipinski definition) is 0. The first-order valence-electron chi connectivity index (χ1n) is 10.0. The summed E-state index contributed by atoms with van der Waals surface area (Å²) in [5.74, 6) is 0.629. The van der Waals surface area contributed by atoms with Crippen LogP contribution in [0.3, 0.4) is 0 Å². The molecule has 2 heterocycles. The van der Waals surface area contributed by atoms with Crippen molar-refractivity contribution in [1.29, 1.82) is 0 Å². The maximum atomic E-state index is 13.2. The van der Waals surface area contributed by atoms with Gasteiger partial charge >= 0.3 is 0 Å². The van der Waals surface area contributed by atoms with Gasteiger partial charge < -0.3 is 4.90 Å². The third kappa shape index (κ3) is 3.40. The molecule has 0 amide bonds. The van der Waals surface area contributed by atoms with Crippen molar-refractivity contribution in [2.24, 2.45) is 0 Å². The molecule has 1 aromatic heterocycles. The molecule has 8 nitrogen and oxygen atoms in total. The van der Waals surface area contributed by atoms with Gasteiger partial charge in [0, 0.05) is 26.2 Å². The molecule has 0 atom stereocenters. The molecule has 9 heteroatoms.